The van der Waals surface area contributed by atoms with Crippen molar-refractivity contribution >= 4 is 17.7 Å². The lowest BCUT2D eigenvalue weighted by molar-refractivity contribution is -0.0361. The highest BCUT2D eigenvalue weighted by atomic mass is 35.5. The van der Waals surface area contributed by atoms with E-state index in [1.807, 2.05) is 50.2 Å². The van der Waals surface area contributed by atoms with E-state index in [1.54, 1.807) is 0 Å². The molecule has 6 nitrogen and oxygen atoms in total. The topological polar surface area (TPSA) is 60.0 Å². The van der Waals surface area contributed by atoms with Gasteiger partial charge in [0.05, 0.1) is 23.8 Å². The van der Waals surface area contributed by atoms with Gasteiger partial charge < -0.3 is 19.5 Å². The first-order valence-electron chi connectivity index (χ1n) is 12.6. The Hall–Kier alpha value is -2.44. The molecule has 4 aliphatic rings. The minimum absolute atomic E-state index is 0.0188. The molecule has 0 saturated carbocycles. The van der Waals surface area contributed by atoms with E-state index in [-0.39, 0.29) is 29.8 Å². The number of hydrogen-bond donors (Lipinski definition) is 1. The zero-order valence-electron chi connectivity index (χ0n) is 21.0. The Balaban J connectivity index is 1.34. The van der Waals surface area contributed by atoms with Crippen LogP contribution in [0.15, 0.2) is 36.4 Å². The predicted molar refractivity (Wildman–Crippen MR) is 137 cm³/mol. The standard InChI is InChI=1S/C28H35ClN2O4/c1-17(2)34-23-8-6-19(13-22(23)29)20-5-7-21-24(14-20)33-16-28(3,4)26(21)30-27(32)35-25-15-31-11-9-18(25)10-12-31/h5-8,13-14,17-18,25-26H,9-12,15-16H2,1-4H3,(H,30,32)/t25-,26?/m1/s1. The summed E-state index contributed by atoms with van der Waals surface area (Å²) in [6.45, 7) is 11.7. The van der Waals surface area contributed by atoms with Crippen LogP contribution in [0.4, 0.5) is 4.79 Å². The van der Waals surface area contributed by atoms with Gasteiger partial charge >= 0.3 is 6.09 Å². The Morgan fingerprint density at radius 1 is 1.14 bits per heavy atom. The van der Waals surface area contributed by atoms with Crippen molar-refractivity contribution in [3.63, 3.8) is 0 Å². The van der Waals surface area contributed by atoms with Gasteiger partial charge in [-0.2, -0.15) is 0 Å². The fourth-order valence-electron chi connectivity index (χ4n) is 5.48. The third kappa shape index (κ3) is 5.10. The monoisotopic (exact) mass is 498 g/mol. The first-order valence-corrected chi connectivity index (χ1v) is 13.0. The summed E-state index contributed by atoms with van der Waals surface area (Å²) in [4.78, 5) is 15.4. The molecule has 2 bridgehead atoms. The van der Waals surface area contributed by atoms with E-state index in [1.165, 1.54) is 0 Å². The van der Waals surface area contributed by atoms with E-state index in [4.69, 9.17) is 25.8 Å². The van der Waals surface area contributed by atoms with Crippen LogP contribution in [-0.2, 0) is 4.74 Å². The first-order chi connectivity index (χ1) is 16.7. The first kappa shape index (κ1) is 24.3. The highest BCUT2D eigenvalue weighted by Gasteiger charge is 2.41. The smallest absolute Gasteiger partial charge is 0.407 e. The molecule has 3 saturated heterocycles. The van der Waals surface area contributed by atoms with Crippen LogP contribution in [0.1, 0.15) is 52.1 Å². The van der Waals surface area contributed by atoms with Crippen LogP contribution in [0, 0.1) is 11.3 Å². The van der Waals surface area contributed by atoms with E-state index in [0.29, 0.717) is 23.3 Å². The summed E-state index contributed by atoms with van der Waals surface area (Å²) in [7, 11) is 0. The lowest BCUT2D eigenvalue weighted by Crippen LogP contribution is -2.53. The number of nitrogens with one attached hydrogen (secondary N) is 1. The minimum atomic E-state index is -0.341. The minimum Gasteiger partial charge on any atom is -0.493 e. The average molecular weight is 499 g/mol. The van der Waals surface area contributed by atoms with Gasteiger partial charge in [0.25, 0.3) is 0 Å². The molecular formula is C28H35ClN2O4. The number of alkyl carbamates (subject to hydrolysis) is 1. The van der Waals surface area contributed by atoms with Crippen molar-refractivity contribution in [1.82, 2.24) is 10.2 Å². The summed E-state index contributed by atoms with van der Waals surface area (Å²) in [5.41, 5.74) is 2.66. The number of nitrogens with zero attached hydrogens (tertiary/aromatic N) is 1. The zero-order chi connectivity index (χ0) is 24.7. The number of ether oxygens (including phenoxy) is 3. The maximum absolute atomic E-state index is 13.0. The maximum atomic E-state index is 13.0. The summed E-state index contributed by atoms with van der Waals surface area (Å²) in [5.74, 6) is 1.92. The van der Waals surface area contributed by atoms with Crippen molar-refractivity contribution in [3.05, 3.63) is 47.0 Å². The van der Waals surface area contributed by atoms with E-state index < -0.39 is 0 Å². The van der Waals surface area contributed by atoms with Gasteiger partial charge in [-0.05, 0) is 75.0 Å². The Morgan fingerprint density at radius 3 is 2.51 bits per heavy atom. The molecule has 7 heteroatoms. The molecule has 6 rings (SSSR count). The molecule has 4 heterocycles. The fraction of sp³-hybridized carbons (Fsp3) is 0.536. The van der Waals surface area contributed by atoms with Crippen LogP contribution in [0.25, 0.3) is 11.1 Å². The van der Waals surface area contributed by atoms with Crippen molar-refractivity contribution in [2.24, 2.45) is 11.3 Å². The number of piperidine rings is 3. The Bertz CT molecular complexity index is 1090. The van der Waals surface area contributed by atoms with Gasteiger partial charge in [0.1, 0.15) is 17.6 Å². The second-order valence-corrected chi connectivity index (χ2v) is 11.4. The summed E-state index contributed by atoms with van der Waals surface area (Å²) in [5, 5.41) is 3.74. The molecule has 0 radical (unpaired) electrons. The number of rotatable bonds is 5. The van der Waals surface area contributed by atoms with Crippen molar-refractivity contribution in [2.45, 2.75) is 58.8 Å². The number of fused-ring (bicyclic) bond motifs is 4. The third-order valence-electron chi connectivity index (χ3n) is 7.45. The molecule has 2 atom stereocenters. The van der Waals surface area contributed by atoms with Crippen LogP contribution in [0.3, 0.4) is 0 Å². The molecule has 188 valence electrons. The van der Waals surface area contributed by atoms with Crippen molar-refractivity contribution in [3.8, 4) is 22.6 Å². The summed E-state index contributed by atoms with van der Waals surface area (Å²) in [6, 6.07) is 11.7. The fourth-order valence-corrected chi connectivity index (χ4v) is 5.71. The van der Waals surface area contributed by atoms with Crippen LogP contribution < -0.4 is 14.8 Å². The SMILES string of the molecule is CC(C)Oc1ccc(-c2ccc3c(c2)OCC(C)(C)C3NC(=O)O[C@@H]2CN3CCC2CC3)cc1Cl. The van der Waals surface area contributed by atoms with E-state index in [2.05, 4.69) is 24.1 Å². The molecule has 3 fully saturated rings. The summed E-state index contributed by atoms with van der Waals surface area (Å²) < 4.78 is 17.8. The lowest BCUT2D eigenvalue weighted by Gasteiger charge is -2.44. The number of halogens is 1. The highest BCUT2D eigenvalue weighted by molar-refractivity contribution is 6.32. The van der Waals surface area contributed by atoms with Crippen LogP contribution in [0.2, 0.25) is 5.02 Å². The van der Waals surface area contributed by atoms with Gasteiger partial charge in [-0.15, -0.1) is 0 Å². The Morgan fingerprint density at radius 2 is 1.86 bits per heavy atom. The van der Waals surface area contributed by atoms with Gasteiger partial charge in [0.15, 0.2) is 0 Å². The maximum Gasteiger partial charge on any atom is 0.407 e. The van der Waals surface area contributed by atoms with E-state index in [9.17, 15) is 4.79 Å². The van der Waals surface area contributed by atoms with Crippen LogP contribution >= 0.6 is 11.6 Å². The quantitative estimate of drug-likeness (QED) is 0.541. The number of carbonyl (C=O) groups excluding carboxylic acids is 1. The van der Waals surface area contributed by atoms with Crippen molar-refractivity contribution < 1.29 is 19.0 Å². The van der Waals surface area contributed by atoms with Crippen molar-refractivity contribution in [1.29, 1.82) is 0 Å². The number of benzene rings is 2. The molecule has 2 aromatic rings. The number of hydrogen-bond acceptors (Lipinski definition) is 5. The van der Waals surface area contributed by atoms with Crippen molar-refractivity contribution in [2.75, 3.05) is 26.2 Å². The van der Waals surface area contributed by atoms with Gasteiger partial charge in [-0.1, -0.05) is 43.6 Å². The predicted octanol–water partition coefficient (Wildman–Crippen LogP) is 6.07. The van der Waals surface area contributed by atoms with E-state index in [0.717, 1.165) is 54.9 Å². The second kappa shape index (κ2) is 9.55. The number of carbonyl (C=O) groups is 1. The average Bonchev–Trinajstić information content (AvgIpc) is 2.82. The van der Waals surface area contributed by atoms with Gasteiger partial charge in [0.2, 0.25) is 0 Å². The molecule has 4 aliphatic heterocycles. The van der Waals surface area contributed by atoms with Gasteiger partial charge in [-0.25, -0.2) is 4.79 Å². The molecule has 0 aliphatic carbocycles. The molecular weight excluding hydrogens is 464 g/mol. The highest BCUT2D eigenvalue weighted by Crippen LogP contribution is 2.44. The van der Waals surface area contributed by atoms with Crippen LogP contribution in [0.5, 0.6) is 11.5 Å². The molecule has 0 spiro atoms. The zero-order valence-corrected chi connectivity index (χ0v) is 21.7. The van der Waals surface area contributed by atoms with Gasteiger partial charge in [-0.3, -0.25) is 4.90 Å². The normalized spacial score (nSPS) is 26.6. The second-order valence-electron chi connectivity index (χ2n) is 11.0. The Kier molecular flexibility index (Phi) is 6.62. The molecule has 35 heavy (non-hydrogen) atoms. The molecule has 2 aromatic carbocycles. The largest absolute Gasteiger partial charge is 0.493 e. The van der Waals surface area contributed by atoms with E-state index >= 15 is 0 Å². The molecule has 1 N–H and O–H groups in total. The molecule has 1 unspecified atom stereocenters. The summed E-state index contributed by atoms with van der Waals surface area (Å²) >= 11 is 6.47. The third-order valence-corrected chi connectivity index (χ3v) is 7.75. The lowest BCUT2D eigenvalue weighted by atomic mass is 9.78. The Labute approximate surface area is 212 Å². The summed E-state index contributed by atoms with van der Waals surface area (Å²) in [6.07, 6.45) is 1.92. The molecule has 1 amide bonds. The number of amides is 1. The molecule has 0 aromatic heterocycles. The van der Waals surface area contributed by atoms with Gasteiger partial charge in [0, 0.05) is 17.5 Å². The van der Waals surface area contributed by atoms with Crippen LogP contribution in [-0.4, -0.2) is 49.4 Å².